The number of carbonyl (C=O) groups excluding carboxylic acids is 1. The van der Waals surface area contributed by atoms with Gasteiger partial charge in [0.05, 0.1) is 17.9 Å². The second-order valence-corrected chi connectivity index (χ2v) is 5.48. The molecule has 0 radical (unpaired) electrons. The van der Waals surface area contributed by atoms with Gasteiger partial charge in [-0.3, -0.25) is 9.69 Å². The number of ketones is 1. The number of nitrogens with one attached hydrogen (secondary N) is 1. The molecular weight excluding hydrogens is 274 g/mol. The Morgan fingerprint density at radius 3 is 2.50 bits per heavy atom. The first-order valence-corrected chi connectivity index (χ1v) is 7.32. The van der Waals surface area contributed by atoms with E-state index >= 15 is 0 Å². The van der Waals surface area contributed by atoms with Gasteiger partial charge in [0, 0.05) is 24.9 Å². The Labute approximate surface area is 130 Å². The van der Waals surface area contributed by atoms with Crippen LogP contribution in [0.5, 0.6) is 0 Å². The van der Waals surface area contributed by atoms with E-state index in [1.165, 1.54) is 5.56 Å². The maximum Gasteiger partial charge on any atom is 0.171 e. The number of hydrogen-bond donors (Lipinski definition) is 2. The zero-order chi connectivity index (χ0) is 15.4. The first-order chi connectivity index (χ1) is 10.7. The molecule has 4 nitrogen and oxygen atoms in total. The van der Waals surface area contributed by atoms with E-state index in [9.17, 15) is 4.79 Å². The summed E-state index contributed by atoms with van der Waals surface area (Å²) in [7, 11) is 0. The Hall–Kier alpha value is -2.59. The van der Waals surface area contributed by atoms with Crippen molar-refractivity contribution < 1.29 is 4.79 Å². The van der Waals surface area contributed by atoms with Crippen LogP contribution in [0.15, 0.2) is 66.4 Å². The van der Waals surface area contributed by atoms with Gasteiger partial charge in [-0.15, -0.1) is 0 Å². The fraction of sp³-hybridized carbons (Fsp3) is 0.167. The van der Waals surface area contributed by atoms with Crippen molar-refractivity contribution in [2.24, 2.45) is 0 Å². The standard InChI is InChI=1S/C18H19N3O/c19-17-8-4-5-9-18(17)20-15-10-16(22)13-21(12-15)11-14-6-2-1-3-7-14/h1-10,20H,11-13,19H2. The summed E-state index contributed by atoms with van der Waals surface area (Å²) in [5, 5.41) is 3.27. The predicted octanol–water partition coefficient (Wildman–Crippen LogP) is 2.65. The van der Waals surface area contributed by atoms with E-state index in [2.05, 4.69) is 22.3 Å². The maximum absolute atomic E-state index is 12.0. The third-order valence-corrected chi connectivity index (χ3v) is 3.61. The van der Waals surface area contributed by atoms with Crippen LogP contribution >= 0.6 is 0 Å². The number of nitrogens with two attached hydrogens (primary N) is 1. The van der Waals surface area contributed by atoms with Gasteiger partial charge >= 0.3 is 0 Å². The van der Waals surface area contributed by atoms with Crippen LogP contribution < -0.4 is 11.1 Å². The number of nitrogen functional groups attached to an aromatic ring is 1. The van der Waals surface area contributed by atoms with Crippen molar-refractivity contribution in [1.82, 2.24) is 4.90 Å². The Balaban J connectivity index is 1.70. The lowest BCUT2D eigenvalue weighted by Gasteiger charge is -2.27. The highest BCUT2D eigenvalue weighted by molar-refractivity contribution is 5.93. The van der Waals surface area contributed by atoms with Gasteiger partial charge in [0.25, 0.3) is 0 Å². The minimum absolute atomic E-state index is 0.110. The molecule has 0 unspecified atom stereocenters. The van der Waals surface area contributed by atoms with Crippen molar-refractivity contribution in [3.8, 4) is 0 Å². The molecule has 0 atom stereocenters. The minimum atomic E-state index is 0.110. The molecule has 0 saturated carbocycles. The summed E-state index contributed by atoms with van der Waals surface area (Å²) in [6.45, 7) is 1.91. The molecule has 2 aromatic rings. The predicted molar refractivity (Wildman–Crippen MR) is 89.3 cm³/mol. The van der Waals surface area contributed by atoms with Crippen LogP contribution in [0.3, 0.4) is 0 Å². The molecule has 0 amide bonds. The summed E-state index contributed by atoms with van der Waals surface area (Å²) in [5.74, 6) is 0.110. The van der Waals surface area contributed by atoms with E-state index in [4.69, 9.17) is 5.73 Å². The lowest BCUT2D eigenvalue weighted by Crippen LogP contribution is -2.36. The van der Waals surface area contributed by atoms with Crippen LogP contribution in [0.25, 0.3) is 0 Å². The van der Waals surface area contributed by atoms with Gasteiger partial charge in [-0.05, 0) is 17.7 Å². The molecule has 0 spiro atoms. The highest BCUT2D eigenvalue weighted by Gasteiger charge is 2.18. The Morgan fingerprint density at radius 2 is 1.73 bits per heavy atom. The van der Waals surface area contributed by atoms with Gasteiger partial charge in [-0.1, -0.05) is 42.5 Å². The van der Waals surface area contributed by atoms with E-state index in [0.717, 1.165) is 17.9 Å². The number of benzene rings is 2. The van der Waals surface area contributed by atoms with Crippen LogP contribution in [-0.2, 0) is 11.3 Å². The summed E-state index contributed by atoms with van der Waals surface area (Å²) in [6.07, 6.45) is 1.67. The van der Waals surface area contributed by atoms with Gasteiger partial charge in [-0.25, -0.2) is 0 Å². The van der Waals surface area contributed by atoms with Gasteiger partial charge < -0.3 is 11.1 Å². The average molecular weight is 293 g/mol. The fourth-order valence-electron chi connectivity index (χ4n) is 2.62. The number of anilines is 2. The van der Waals surface area contributed by atoms with Crippen molar-refractivity contribution in [2.75, 3.05) is 24.1 Å². The van der Waals surface area contributed by atoms with Gasteiger partial charge in [-0.2, -0.15) is 0 Å². The Kier molecular flexibility index (Phi) is 4.21. The quantitative estimate of drug-likeness (QED) is 0.851. The highest BCUT2D eigenvalue weighted by Crippen LogP contribution is 2.21. The summed E-state index contributed by atoms with van der Waals surface area (Å²) >= 11 is 0. The van der Waals surface area contributed by atoms with E-state index in [0.29, 0.717) is 18.8 Å². The van der Waals surface area contributed by atoms with E-state index in [1.807, 2.05) is 42.5 Å². The normalized spacial score (nSPS) is 15.5. The van der Waals surface area contributed by atoms with Crippen LogP contribution in [-0.4, -0.2) is 23.8 Å². The molecule has 0 fully saturated rings. The molecule has 22 heavy (non-hydrogen) atoms. The SMILES string of the molecule is Nc1ccccc1NC1=CC(=O)CN(Cc2ccccc2)C1. The van der Waals surface area contributed by atoms with Crippen LogP contribution in [0.1, 0.15) is 5.56 Å². The minimum Gasteiger partial charge on any atom is -0.397 e. The van der Waals surface area contributed by atoms with Gasteiger partial charge in [0.1, 0.15) is 0 Å². The van der Waals surface area contributed by atoms with Crippen molar-refractivity contribution in [1.29, 1.82) is 0 Å². The number of para-hydroxylation sites is 2. The molecule has 4 heteroatoms. The second-order valence-electron chi connectivity index (χ2n) is 5.48. The van der Waals surface area contributed by atoms with Crippen LogP contribution in [0.2, 0.25) is 0 Å². The van der Waals surface area contributed by atoms with Crippen molar-refractivity contribution in [2.45, 2.75) is 6.54 Å². The number of hydrogen-bond acceptors (Lipinski definition) is 4. The molecule has 112 valence electrons. The highest BCUT2D eigenvalue weighted by atomic mass is 16.1. The van der Waals surface area contributed by atoms with E-state index < -0.39 is 0 Å². The smallest absolute Gasteiger partial charge is 0.171 e. The molecule has 3 N–H and O–H groups in total. The largest absolute Gasteiger partial charge is 0.397 e. The lowest BCUT2D eigenvalue weighted by molar-refractivity contribution is -0.116. The van der Waals surface area contributed by atoms with Crippen molar-refractivity contribution in [3.05, 3.63) is 71.9 Å². The number of carbonyl (C=O) groups is 1. The molecule has 1 heterocycles. The van der Waals surface area contributed by atoms with E-state index in [-0.39, 0.29) is 5.78 Å². The first kappa shape index (κ1) is 14.4. The molecule has 2 aromatic carbocycles. The number of rotatable bonds is 4. The molecule has 1 aliphatic heterocycles. The molecular formula is C18H19N3O. The zero-order valence-corrected chi connectivity index (χ0v) is 12.3. The summed E-state index contributed by atoms with van der Waals surface area (Å²) in [4.78, 5) is 14.1. The fourth-order valence-corrected chi connectivity index (χ4v) is 2.62. The van der Waals surface area contributed by atoms with Crippen molar-refractivity contribution >= 4 is 17.2 Å². The molecule has 3 rings (SSSR count). The summed E-state index contributed by atoms with van der Waals surface area (Å²) in [5.41, 5.74) is 9.54. The first-order valence-electron chi connectivity index (χ1n) is 7.32. The van der Waals surface area contributed by atoms with Gasteiger partial charge in [0.2, 0.25) is 0 Å². The topological polar surface area (TPSA) is 58.4 Å². The molecule has 0 aliphatic carbocycles. The molecule has 0 saturated heterocycles. The maximum atomic E-state index is 12.0. The van der Waals surface area contributed by atoms with E-state index in [1.54, 1.807) is 6.08 Å². The lowest BCUT2D eigenvalue weighted by atomic mass is 10.1. The zero-order valence-electron chi connectivity index (χ0n) is 12.3. The monoisotopic (exact) mass is 293 g/mol. The molecule has 0 bridgehead atoms. The third kappa shape index (κ3) is 3.54. The Bertz CT molecular complexity index is 694. The van der Waals surface area contributed by atoms with Crippen molar-refractivity contribution in [3.63, 3.8) is 0 Å². The Morgan fingerprint density at radius 1 is 1.00 bits per heavy atom. The second kappa shape index (κ2) is 6.45. The number of nitrogens with zero attached hydrogens (tertiary/aromatic N) is 1. The van der Waals surface area contributed by atoms with Crippen LogP contribution in [0.4, 0.5) is 11.4 Å². The van der Waals surface area contributed by atoms with Crippen LogP contribution in [0, 0.1) is 0 Å². The molecule has 0 aromatic heterocycles. The third-order valence-electron chi connectivity index (χ3n) is 3.61. The summed E-state index contributed by atoms with van der Waals surface area (Å²) < 4.78 is 0. The average Bonchev–Trinajstić information content (AvgIpc) is 2.50. The molecule has 1 aliphatic rings. The van der Waals surface area contributed by atoms with Gasteiger partial charge in [0.15, 0.2) is 5.78 Å². The summed E-state index contributed by atoms with van der Waals surface area (Å²) in [6, 6.07) is 17.7.